The van der Waals surface area contributed by atoms with E-state index in [1.54, 1.807) is 6.92 Å². The van der Waals surface area contributed by atoms with Crippen molar-refractivity contribution in [1.82, 2.24) is 10.3 Å². The van der Waals surface area contributed by atoms with Gasteiger partial charge in [-0.25, -0.2) is 0 Å². The zero-order valence-electron chi connectivity index (χ0n) is 10.9. The number of ether oxygens (including phenoxy) is 1. The number of carbonyl (C=O) groups is 1. The van der Waals surface area contributed by atoms with Crippen LogP contribution in [0.1, 0.15) is 12.5 Å². The Bertz CT molecular complexity index is 648. The maximum atomic E-state index is 11.9. The fourth-order valence-electron chi connectivity index (χ4n) is 1.85. The molecule has 0 aliphatic heterocycles. The van der Waals surface area contributed by atoms with Crippen LogP contribution in [-0.2, 0) is 16.1 Å². The van der Waals surface area contributed by atoms with Crippen LogP contribution in [0.3, 0.4) is 0 Å². The molecule has 0 fully saturated rings. The Kier molecular flexibility index (Phi) is 3.97. The van der Waals surface area contributed by atoms with Gasteiger partial charge in [-0.05, 0) is 24.4 Å². The molecule has 100 valence electrons. The van der Waals surface area contributed by atoms with Gasteiger partial charge in [0.05, 0.1) is 7.11 Å². The van der Waals surface area contributed by atoms with Gasteiger partial charge in [0.1, 0.15) is 6.04 Å². The standard InChI is InChI=1S/C14H16N2O3/c1-9(14(18)19-2)15-8-11-7-10-5-3-4-6-12(10)16-13(11)17/h3-7,9,15H,8H2,1-2H3,(H,16,17). The van der Waals surface area contributed by atoms with Crippen molar-refractivity contribution >= 4 is 16.9 Å². The zero-order valence-corrected chi connectivity index (χ0v) is 10.9. The van der Waals surface area contributed by atoms with Gasteiger partial charge in [0.25, 0.3) is 5.56 Å². The second-order valence-corrected chi connectivity index (χ2v) is 4.34. The van der Waals surface area contributed by atoms with Gasteiger partial charge >= 0.3 is 5.97 Å². The molecule has 5 nitrogen and oxygen atoms in total. The molecule has 0 spiro atoms. The first kappa shape index (κ1) is 13.3. The van der Waals surface area contributed by atoms with E-state index in [0.717, 1.165) is 10.9 Å². The molecule has 0 saturated heterocycles. The quantitative estimate of drug-likeness (QED) is 0.810. The minimum atomic E-state index is -0.448. The molecule has 0 radical (unpaired) electrons. The molecule has 0 aliphatic rings. The molecule has 0 aliphatic carbocycles. The van der Waals surface area contributed by atoms with E-state index < -0.39 is 6.04 Å². The largest absolute Gasteiger partial charge is 0.468 e. The third kappa shape index (κ3) is 3.00. The van der Waals surface area contributed by atoms with Crippen LogP contribution in [0.4, 0.5) is 0 Å². The summed E-state index contributed by atoms with van der Waals surface area (Å²) in [4.78, 5) is 25.9. The summed E-state index contributed by atoms with van der Waals surface area (Å²) in [6.45, 7) is 2.01. The summed E-state index contributed by atoms with van der Waals surface area (Å²) >= 11 is 0. The molecule has 1 atom stereocenters. The Labute approximate surface area is 110 Å². The summed E-state index contributed by atoms with van der Waals surface area (Å²) < 4.78 is 4.61. The third-order valence-corrected chi connectivity index (χ3v) is 2.98. The summed E-state index contributed by atoms with van der Waals surface area (Å²) in [5.74, 6) is -0.350. The first-order chi connectivity index (χ1) is 9.11. The van der Waals surface area contributed by atoms with Crippen molar-refractivity contribution in [1.29, 1.82) is 0 Å². The van der Waals surface area contributed by atoms with E-state index in [-0.39, 0.29) is 11.5 Å². The Hall–Kier alpha value is -2.14. The number of esters is 1. The fraction of sp³-hybridized carbons (Fsp3) is 0.286. The van der Waals surface area contributed by atoms with Crippen LogP contribution in [0, 0.1) is 0 Å². The molecule has 19 heavy (non-hydrogen) atoms. The Morgan fingerprint density at radius 1 is 1.42 bits per heavy atom. The molecular formula is C14H16N2O3. The smallest absolute Gasteiger partial charge is 0.322 e. The summed E-state index contributed by atoms with van der Waals surface area (Å²) in [6.07, 6.45) is 0. The number of aromatic nitrogens is 1. The number of pyridine rings is 1. The van der Waals surface area contributed by atoms with Gasteiger partial charge in [-0.3, -0.25) is 9.59 Å². The average molecular weight is 260 g/mol. The van der Waals surface area contributed by atoms with Crippen molar-refractivity contribution in [3.8, 4) is 0 Å². The Morgan fingerprint density at radius 2 is 2.16 bits per heavy atom. The minimum absolute atomic E-state index is 0.150. The Morgan fingerprint density at radius 3 is 2.89 bits per heavy atom. The van der Waals surface area contributed by atoms with Crippen molar-refractivity contribution in [2.45, 2.75) is 19.5 Å². The zero-order chi connectivity index (χ0) is 13.8. The molecule has 2 N–H and O–H groups in total. The van der Waals surface area contributed by atoms with Crippen LogP contribution < -0.4 is 10.9 Å². The summed E-state index contributed by atoms with van der Waals surface area (Å²) in [7, 11) is 1.34. The van der Waals surface area contributed by atoms with Crippen molar-refractivity contribution in [2.75, 3.05) is 7.11 Å². The maximum Gasteiger partial charge on any atom is 0.322 e. The molecule has 0 saturated carbocycles. The fourth-order valence-corrected chi connectivity index (χ4v) is 1.85. The second kappa shape index (κ2) is 5.67. The lowest BCUT2D eigenvalue weighted by Gasteiger charge is -2.11. The molecule has 2 rings (SSSR count). The van der Waals surface area contributed by atoms with Gasteiger partial charge in [0.2, 0.25) is 0 Å². The van der Waals surface area contributed by atoms with Gasteiger partial charge in [-0.15, -0.1) is 0 Å². The summed E-state index contributed by atoms with van der Waals surface area (Å²) in [5, 5.41) is 3.92. The minimum Gasteiger partial charge on any atom is -0.468 e. The van der Waals surface area contributed by atoms with Crippen molar-refractivity contribution < 1.29 is 9.53 Å². The molecule has 0 bridgehead atoms. The molecule has 1 aromatic carbocycles. The molecule has 1 heterocycles. The highest BCUT2D eigenvalue weighted by Gasteiger charge is 2.12. The van der Waals surface area contributed by atoms with E-state index in [1.165, 1.54) is 7.11 Å². The predicted octanol–water partition coefficient (Wildman–Crippen LogP) is 1.18. The highest BCUT2D eigenvalue weighted by atomic mass is 16.5. The molecule has 2 aromatic rings. The summed E-state index contributed by atoms with van der Waals surface area (Å²) in [5.41, 5.74) is 1.25. The molecule has 0 amide bonds. The van der Waals surface area contributed by atoms with E-state index in [0.29, 0.717) is 12.1 Å². The maximum absolute atomic E-state index is 11.9. The highest BCUT2D eigenvalue weighted by molar-refractivity contribution is 5.78. The lowest BCUT2D eigenvalue weighted by Crippen LogP contribution is -2.35. The topological polar surface area (TPSA) is 71.2 Å². The number of H-pyrrole nitrogens is 1. The lowest BCUT2D eigenvalue weighted by atomic mass is 10.1. The van der Waals surface area contributed by atoms with Crippen LogP contribution in [0.2, 0.25) is 0 Å². The van der Waals surface area contributed by atoms with Crippen molar-refractivity contribution in [2.24, 2.45) is 0 Å². The van der Waals surface area contributed by atoms with Crippen LogP contribution in [0.5, 0.6) is 0 Å². The second-order valence-electron chi connectivity index (χ2n) is 4.34. The number of nitrogens with one attached hydrogen (secondary N) is 2. The van der Waals surface area contributed by atoms with Crippen LogP contribution in [0.25, 0.3) is 10.9 Å². The van der Waals surface area contributed by atoms with Crippen molar-refractivity contribution in [3.05, 3.63) is 46.2 Å². The van der Waals surface area contributed by atoms with Gasteiger partial charge in [-0.2, -0.15) is 0 Å². The van der Waals surface area contributed by atoms with E-state index in [2.05, 4.69) is 15.0 Å². The molecule has 1 unspecified atom stereocenters. The highest BCUT2D eigenvalue weighted by Crippen LogP contribution is 2.09. The number of hydrogen-bond acceptors (Lipinski definition) is 4. The third-order valence-electron chi connectivity index (χ3n) is 2.98. The number of para-hydroxylation sites is 1. The summed E-state index contributed by atoms with van der Waals surface area (Å²) in [6, 6.07) is 8.94. The van der Waals surface area contributed by atoms with Gasteiger partial charge < -0.3 is 15.0 Å². The van der Waals surface area contributed by atoms with Crippen LogP contribution in [0.15, 0.2) is 35.1 Å². The predicted molar refractivity (Wildman–Crippen MR) is 72.9 cm³/mol. The number of rotatable bonds is 4. The number of methoxy groups -OCH3 is 1. The van der Waals surface area contributed by atoms with E-state index >= 15 is 0 Å². The molecule has 1 aromatic heterocycles. The first-order valence-corrected chi connectivity index (χ1v) is 6.04. The van der Waals surface area contributed by atoms with Gasteiger partial charge in [-0.1, -0.05) is 18.2 Å². The van der Waals surface area contributed by atoms with E-state index in [1.807, 2.05) is 30.3 Å². The van der Waals surface area contributed by atoms with Crippen LogP contribution >= 0.6 is 0 Å². The lowest BCUT2D eigenvalue weighted by molar-refractivity contribution is -0.142. The van der Waals surface area contributed by atoms with Gasteiger partial charge in [0, 0.05) is 17.6 Å². The normalized spacial score (nSPS) is 12.3. The van der Waals surface area contributed by atoms with Gasteiger partial charge in [0.15, 0.2) is 0 Å². The number of benzene rings is 1. The SMILES string of the molecule is COC(=O)C(C)NCc1cc2ccccc2[nH]c1=O. The van der Waals surface area contributed by atoms with Crippen molar-refractivity contribution in [3.63, 3.8) is 0 Å². The number of carbonyl (C=O) groups excluding carboxylic acids is 1. The van der Waals surface area contributed by atoms with E-state index in [9.17, 15) is 9.59 Å². The van der Waals surface area contributed by atoms with E-state index in [4.69, 9.17) is 0 Å². The Balaban J connectivity index is 2.19. The number of hydrogen-bond donors (Lipinski definition) is 2. The monoisotopic (exact) mass is 260 g/mol. The first-order valence-electron chi connectivity index (χ1n) is 6.04. The molecular weight excluding hydrogens is 244 g/mol. The number of fused-ring (bicyclic) bond motifs is 1. The average Bonchev–Trinajstić information content (AvgIpc) is 2.43. The van der Waals surface area contributed by atoms with Crippen LogP contribution in [-0.4, -0.2) is 24.1 Å². The number of aromatic amines is 1. The molecule has 5 heteroatoms.